The molecule has 2 aromatic carbocycles. The van der Waals surface area contributed by atoms with Crippen molar-refractivity contribution in [3.63, 3.8) is 0 Å². The fourth-order valence-corrected chi connectivity index (χ4v) is 2.11. The summed E-state index contributed by atoms with van der Waals surface area (Å²) in [6.07, 6.45) is 0.110. The molecule has 2 rings (SSSR count). The molecule has 0 bridgehead atoms. The fraction of sp³-hybridized carbons (Fsp3) is 0.176. The van der Waals surface area contributed by atoms with Crippen molar-refractivity contribution >= 4 is 23.2 Å². The van der Waals surface area contributed by atoms with Crippen LogP contribution >= 0.6 is 0 Å². The average Bonchev–Trinajstić information content (AvgIpc) is 2.55. The third-order valence-corrected chi connectivity index (χ3v) is 3.30. The molecule has 0 saturated carbocycles. The van der Waals surface area contributed by atoms with Crippen molar-refractivity contribution in [1.82, 2.24) is 0 Å². The number of anilines is 2. The molecule has 0 aliphatic heterocycles. The second-order valence-corrected chi connectivity index (χ2v) is 5.01. The Kier molecular flexibility index (Phi) is 5.57. The lowest BCUT2D eigenvalue weighted by Gasteiger charge is -2.10. The number of benzene rings is 2. The van der Waals surface area contributed by atoms with E-state index in [0.29, 0.717) is 18.2 Å². The van der Waals surface area contributed by atoms with Gasteiger partial charge in [-0.05, 0) is 30.2 Å². The standard InChI is InChI=1S/C17H15F3N2O2/c1-2-10-5-3-4-6-12(10)21-14(23)9-15(24)22-13-8-7-11(18)16(19)17(13)20/h3-8H,2,9H2,1H3,(H,21,23)(H,22,24). The predicted octanol–water partition coefficient (Wildman–Crippen LogP) is 3.63. The predicted molar refractivity (Wildman–Crippen MR) is 84.0 cm³/mol. The minimum Gasteiger partial charge on any atom is -0.325 e. The zero-order chi connectivity index (χ0) is 17.7. The molecular weight excluding hydrogens is 321 g/mol. The topological polar surface area (TPSA) is 58.2 Å². The number of carbonyl (C=O) groups is 2. The Morgan fingerprint density at radius 1 is 0.875 bits per heavy atom. The summed E-state index contributed by atoms with van der Waals surface area (Å²) in [6.45, 7) is 1.92. The van der Waals surface area contributed by atoms with Gasteiger partial charge in [0.2, 0.25) is 11.8 Å². The second kappa shape index (κ2) is 7.63. The van der Waals surface area contributed by atoms with Gasteiger partial charge in [-0.2, -0.15) is 0 Å². The van der Waals surface area contributed by atoms with Crippen LogP contribution in [0.4, 0.5) is 24.5 Å². The lowest BCUT2D eigenvalue weighted by Crippen LogP contribution is -2.22. The summed E-state index contributed by atoms with van der Waals surface area (Å²) in [5, 5.41) is 4.63. The average molecular weight is 336 g/mol. The van der Waals surface area contributed by atoms with Crippen LogP contribution in [0.1, 0.15) is 18.9 Å². The van der Waals surface area contributed by atoms with Gasteiger partial charge in [-0.3, -0.25) is 9.59 Å². The molecule has 0 aliphatic rings. The lowest BCUT2D eigenvalue weighted by atomic mass is 10.1. The third kappa shape index (κ3) is 4.13. The third-order valence-electron chi connectivity index (χ3n) is 3.30. The highest BCUT2D eigenvalue weighted by Crippen LogP contribution is 2.20. The van der Waals surface area contributed by atoms with Gasteiger partial charge in [0, 0.05) is 5.69 Å². The lowest BCUT2D eigenvalue weighted by molar-refractivity contribution is -0.123. The van der Waals surface area contributed by atoms with Crippen LogP contribution in [0.2, 0.25) is 0 Å². The Labute approximate surface area is 136 Å². The molecule has 2 N–H and O–H groups in total. The second-order valence-electron chi connectivity index (χ2n) is 5.01. The molecule has 24 heavy (non-hydrogen) atoms. The van der Waals surface area contributed by atoms with Crippen LogP contribution in [0.5, 0.6) is 0 Å². The first-order chi connectivity index (χ1) is 11.4. The van der Waals surface area contributed by atoms with Crippen molar-refractivity contribution in [1.29, 1.82) is 0 Å². The number of hydrogen-bond acceptors (Lipinski definition) is 2. The van der Waals surface area contributed by atoms with Crippen LogP contribution in [0, 0.1) is 17.5 Å². The zero-order valence-electron chi connectivity index (χ0n) is 12.8. The molecule has 0 spiro atoms. The van der Waals surface area contributed by atoms with Gasteiger partial charge in [0.1, 0.15) is 6.42 Å². The van der Waals surface area contributed by atoms with Crippen LogP contribution in [0.25, 0.3) is 0 Å². The van der Waals surface area contributed by atoms with E-state index in [1.165, 1.54) is 0 Å². The summed E-state index contributed by atoms with van der Waals surface area (Å²) in [5.74, 6) is -6.00. The van der Waals surface area contributed by atoms with Gasteiger partial charge < -0.3 is 10.6 Å². The Hall–Kier alpha value is -2.83. The molecule has 0 fully saturated rings. The van der Waals surface area contributed by atoms with Crippen LogP contribution in [0.15, 0.2) is 36.4 Å². The molecule has 2 amide bonds. The number of nitrogens with one attached hydrogen (secondary N) is 2. The number of rotatable bonds is 5. The summed E-state index contributed by atoms with van der Waals surface area (Å²) >= 11 is 0. The Balaban J connectivity index is 2.00. The van der Waals surface area contributed by atoms with E-state index in [9.17, 15) is 22.8 Å². The Morgan fingerprint density at radius 3 is 2.17 bits per heavy atom. The molecule has 2 aromatic rings. The minimum atomic E-state index is -1.69. The number of hydrogen-bond donors (Lipinski definition) is 2. The van der Waals surface area contributed by atoms with E-state index in [0.717, 1.165) is 11.6 Å². The van der Waals surface area contributed by atoms with Gasteiger partial charge in [0.05, 0.1) is 5.69 Å². The molecule has 0 saturated heterocycles. The van der Waals surface area contributed by atoms with Gasteiger partial charge in [-0.15, -0.1) is 0 Å². The summed E-state index contributed by atoms with van der Waals surface area (Å²) in [6, 6.07) is 8.68. The van der Waals surface area contributed by atoms with E-state index in [1.807, 2.05) is 24.4 Å². The van der Waals surface area contributed by atoms with Gasteiger partial charge in [-0.25, -0.2) is 13.2 Å². The fourth-order valence-electron chi connectivity index (χ4n) is 2.11. The molecule has 7 heteroatoms. The van der Waals surface area contributed by atoms with Crippen molar-refractivity contribution in [3.8, 4) is 0 Å². The van der Waals surface area contributed by atoms with E-state index < -0.39 is 41.4 Å². The molecule has 4 nitrogen and oxygen atoms in total. The highest BCUT2D eigenvalue weighted by atomic mass is 19.2. The highest BCUT2D eigenvalue weighted by Gasteiger charge is 2.17. The van der Waals surface area contributed by atoms with Crippen molar-refractivity contribution in [2.75, 3.05) is 10.6 Å². The van der Waals surface area contributed by atoms with Gasteiger partial charge in [0.15, 0.2) is 17.5 Å². The number of carbonyl (C=O) groups excluding carboxylic acids is 2. The molecule has 0 unspecified atom stereocenters. The number of amides is 2. The Morgan fingerprint density at radius 2 is 1.50 bits per heavy atom. The largest absolute Gasteiger partial charge is 0.325 e. The van der Waals surface area contributed by atoms with Crippen LogP contribution in [0.3, 0.4) is 0 Å². The monoisotopic (exact) mass is 336 g/mol. The first-order valence-corrected chi connectivity index (χ1v) is 7.23. The van der Waals surface area contributed by atoms with Crippen LogP contribution in [-0.4, -0.2) is 11.8 Å². The maximum atomic E-state index is 13.5. The SMILES string of the molecule is CCc1ccccc1NC(=O)CC(=O)Nc1ccc(F)c(F)c1F. The van der Waals surface area contributed by atoms with E-state index in [2.05, 4.69) is 5.32 Å². The van der Waals surface area contributed by atoms with Crippen molar-refractivity contribution in [2.24, 2.45) is 0 Å². The zero-order valence-corrected chi connectivity index (χ0v) is 12.8. The first-order valence-electron chi connectivity index (χ1n) is 7.23. The molecule has 0 radical (unpaired) electrons. The maximum Gasteiger partial charge on any atom is 0.233 e. The smallest absolute Gasteiger partial charge is 0.233 e. The first kappa shape index (κ1) is 17.5. The molecule has 0 heterocycles. The summed E-state index contributed by atoms with van der Waals surface area (Å²) in [4.78, 5) is 23.6. The molecule has 0 atom stereocenters. The number of para-hydroxylation sites is 1. The van der Waals surface area contributed by atoms with E-state index in [4.69, 9.17) is 0 Å². The number of aryl methyl sites for hydroxylation is 1. The van der Waals surface area contributed by atoms with E-state index >= 15 is 0 Å². The van der Waals surface area contributed by atoms with Crippen molar-refractivity contribution in [3.05, 3.63) is 59.4 Å². The summed E-state index contributed by atoms with van der Waals surface area (Å²) < 4.78 is 39.4. The van der Waals surface area contributed by atoms with Crippen LogP contribution < -0.4 is 10.6 Å². The molecule has 126 valence electrons. The minimum absolute atomic E-state index is 0.527. The highest BCUT2D eigenvalue weighted by molar-refractivity contribution is 6.08. The molecular formula is C17H15F3N2O2. The van der Waals surface area contributed by atoms with Crippen molar-refractivity contribution in [2.45, 2.75) is 19.8 Å². The van der Waals surface area contributed by atoms with Gasteiger partial charge >= 0.3 is 0 Å². The maximum absolute atomic E-state index is 13.5. The van der Waals surface area contributed by atoms with Gasteiger partial charge in [-0.1, -0.05) is 25.1 Å². The normalized spacial score (nSPS) is 10.3. The molecule has 0 aliphatic carbocycles. The van der Waals surface area contributed by atoms with E-state index in [-0.39, 0.29) is 0 Å². The van der Waals surface area contributed by atoms with Gasteiger partial charge in [0.25, 0.3) is 0 Å². The van der Waals surface area contributed by atoms with Crippen LogP contribution in [-0.2, 0) is 16.0 Å². The quantitative estimate of drug-likeness (QED) is 0.647. The summed E-state index contributed by atoms with van der Waals surface area (Å²) in [7, 11) is 0. The van der Waals surface area contributed by atoms with E-state index in [1.54, 1.807) is 12.1 Å². The molecule has 0 aromatic heterocycles. The van der Waals surface area contributed by atoms with Crippen molar-refractivity contribution < 1.29 is 22.8 Å². The summed E-state index contributed by atoms with van der Waals surface area (Å²) in [5.41, 5.74) is 0.954. The Bertz CT molecular complexity index is 778. The number of halogens is 3.